The SMILES string of the molecule is CCn1c(=O)n(CCC(=O)Nc2nc(-c3c[nH]c(C(N)=O)c3)cs2)c2ccccc21. The molecule has 3 aromatic heterocycles. The number of para-hydroxylation sites is 2. The normalized spacial score (nSPS) is 11.1. The number of primary amides is 1. The minimum Gasteiger partial charge on any atom is -0.364 e. The van der Waals surface area contributed by atoms with Gasteiger partial charge in [-0.15, -0.1) is 11.3 Å². The van der Waals surface area contributed by atoms with Crippen LogP contribution in [0.15, 0.2) is 46.7 Å². The first-order valence-electron chi connectivity index (χ1n) is 9.40. The van der Waals surface area contributed by atoms with Gasteiger partial charge in [0.1, 0.15) is 5.69 Å². The minimum atomic E-state index is -0.551. The summed E-state index contributed by atoms with van der Waals surface area (Å²) >= 11 is 1.28. The Morgan fingerprint density at radius 1 is 1.23 bits per heavy atom. The fourth-order valence-corrected chi connectivity index (χ4v) is 4.07. The lowest BCUT2D eigenvalue weighted by molar-refractivity contribution is -0.116. The van der Waals surface area contributed by atoms with Crippen molar-refractivity contribution < 1.29 is 9.59 Å². The number of imidazole rings is 1. The molecule has 4 rings (SSSR count). The molecule has 0 saturated heterocycles. The molecule has 0 atom stereocenters. The number of hydrogen-bond donors (Lipinski definition) is 3. The van der Waals surface area contributed by atoms with Crippen LogP contribution < -0.4 is 16.7 Å². The standard InChI is InChI=1S/C20H20N6O3S/c1-2-25-15-5-3-4-6-16(15)26(20(25)29)8-7-17(27)24-19-23-14(11-30-19)12-9-13(18(21)28)22-10-12/h3-6,9-11,22H,2,7-8H2,1H3,(H2,21,28)(H,23,24,27). The van der Waals surface area contributed by atoms with Crippen LogP contribution in [0.5, 0.6) is 0 Å². The number of amides is 2. The van der Waals surface area contributed by atoms with Crippen molar-refractivity contribution in [2.24, 2.45) is 5.73 Å². The molecule has 30 heavy (non-hydrogen) atoms. The molecule has 10 heteroatoms. The minimum absolute atomic E-state index is 0.124. The Bertz CT molecular complexity index is 1300. The molecule has 0 unspecified atom stereocenters. The fourth-order valence-electron chi connectivity index (χ4n) is 3.34. The third-order valence-corrected chi connectivity index (χ3v) is 5.56. The topological polar surface area (TPSA) is 128 Å². The summed E-state index contributed by atoms with van der Waals surface area (Å²) in [6.45, 7) is 2.76. The van der Waals surface area contributed by atoms with Gasteiger partial charge in [0.25, 0.3) is 5.91 Å². The van der Waals surface area contributed by atoms with Crippen LogP contribution in [0.4, 0.5) is 5.13 Å². The number of H-pyrrole nitrogens is 1. The molecule has 4 N–H and O–H groups in total. The van der Waals surface area contributed by atoms with E-state index in [1.807, 2.05) is 31.2 Å². The Labute approximate surface area is 175 Å². The molecule has 0 aliphatic rings. The number of aromatic nitrogens is 4. The van der Waals surface area contributed by atoms with Crippen LogP contribution in [0.3, 0.4) is 0 Å². The molecular formula is C20H20N6O3S. The summed E-state index contributed by atoms with van der Waals surface area (Å²) in [7, 11) is 0. The molecule has 0 bridgehead atoms. The van der Waals surface area contributed by atoms with E-state index in [-0.39, 0.29) is 24.6 Å². The van der Waals surface area contributed by atoms with E-state index in [0.29, 0.717) is 28.6 Å². The van der Waals surface area contributed by atoms with Crippen LogP contribution in [0.2, 0.25) is 0 Å². The number of fused-ring (bicyclic) bond motifs is 1. The van der Waals surface area contributed by atoms with E-state index in [1.54, 1.807) is 26.8 Å². The van der Waals surface area contributed by atoms with Gasteiger partial charge in [-0.3, -0.25) is 18.7 Å². The van der Waals surface area contributed by atoms with Gasteiger partial charge in [0.05, 0.1) is 16.7 Å². The van der Waals surface area contributed by atoms with Crippen molar-refractivity contribution in [3.63, 3.8) is 0 Å². The smallest absolute Gasteiger partial charge is 0.329 e. The Hall–Kier alpha value is -3.66. The lowest BCUT2D eigenvalue weighted by Gasteiger charge is -2.03. The van der Waals surface area contributed by atoms with Crippen LogP contribution in [0, 0.1) is 0 Å². The first-order chi connectivity index (χ1) is 14.5. The Morgan fingerprint density at radius 3 is 2.63 bits per heavy atom. The zero-order valence-electron chi connectivity index (χ0n) is 16.2. The zero-order valence-corrected chi connectivity index (χ0v) is 17.0. The van der Waals surface area contributed by atoms with Gasteiger partial charge >= 0.3 is 5.69 Å². The summed E-state index contributed by atoms with van der Waals surface area (Å²) in [5, 5.41) is 4.99. The van der Waals surface area contributed by atoms with E-state index in [2.05, 4.69) is 15.3 Å². The largest absolute Gasteiger partial charge is 0.364 e. The summed E-state index contributed by atoms with van der Waals surface area (Å²) in [4.78, 5) is 43.4. The summed E-state index contributed by atoms with van der Waals surface area (Å²) in [5.74, 6) is -0.785. The number of carbonyl (C=O) groups is 2. The lowest BCUT2D eigenvalue weighted by atomic mass is 10.2. The van der Waals surface area contributed by atoms with E-state index in [1.165, 1.54) is 11.3 Å². The molecule has 2 amide bonds. The van der Waals surface area contributed by atoms with Crippen molar-refractivity contribution in [2.45, 2.75) is 26.4 Å². The van der Waals surface area contributed by atoms with Crippen molar-refractivity contribution in [3.8, 4) is 11.3 Å². The number of nitrogens with zero attached hydrogens (tertiary/aromatic N) is 3. The lowest BCUT2D eigenvalue weighted by Crippen LogP contribution is -2.25. The third-order valence-electron chi connectivity index (χ3n) is 4.80. The number of hydrogen-bond acceptors (Lipinski definition) is 5. The van der Waals surface area contributed by atoms with E-state index in [9.17, 15) is 14.4 Å². The average molecular weight is 424 g/mol. The molecule has 154 valence electrons. The van der Waals surface area contributed by atoms with Gasteiger partial charge in [0.2, 0.25) is 5.91 Å². The molecule has 0 radical (unpaired) electrons. The van der Waals surface area contributed by atoms with Gasteiger partial charge in [-0.25, -0.2) is 9.78 Å². The number of carbonyl (C=O) groups excluding carboxylic acids is 2. The van der Waals surface area contributed by atoms with Crippen LogP contribution in [0.25, 0.3) is 22.3 Å². The number of anilines is 1. The molecular weight excluding hydrogens is 404 g/mol. The number of aryl methyl sites for hydroxylation is 2. The predicted octanol–water partition coefficient (Wildman–Crippen LogP) is 2.40. The molecule has 4 aromatic rings. The molecule has 9 nitrogen and oxygen atoms in total. The summed E-state index contributed by atoms with van der Waals surface area (Å²) in [5.41, 5.74) is 8.41. The molecule has 1 aromatic carbocycles. The maximum atomic E-state index is 12.6. The second-order valence-corrected chi connectivity index (χ2v) is 7.53. The van der Waals surface area contributed by atoms with Crippen molar-refractivity contribution in [3.05, 3.63) is 58.1 Å². The highest BCUT2D eigenvalue weighted by Crippen LogP contribution is 2.25. The molecule has 3 heterocycles. The highest BCUT2D eigenvalue weighted by Gasteiger charge is 2.14. The first kappa shape index (κ1) is 19.6. The Morgan fingerprint density at radius 2 is 1.97 bits per heavy atom. The molecule has 0 spiro atoms. The van der Waals surface area contributed by atoms with Gasteiger partial charge in [-0.1, -0.05) is 12.1 Å². The van der Waals surface area contributed by atoms with Gasteiger partial charge in [-0.05, 0) is 25.1 Å². The second kappa shape index (κ2) is 7.99. The highest BCUT2D eigenvalue weighted by atomic mass is 32.1. The van der Waals surface area contributed by atoms with Crippen molar-refractivity contribution in [1.82, 2.24) is 19.1 Å². The summed E-state index contributed by atoms with van der Waals surface area (Å²) in [6.07, 6.45) is 1.78. The fraction of sp³-hybridized carbons (Fsp3) is 0.200. The number of rotatable bonds is 7. The zero-order chi connectivity index (χ0) is 21.3. The van der Waals surface area contributed by atoms with Crippen LogP contribution in [-0.4, -0.2) is 30.9 Å². The van der Waals surface area contributed by atoms with Gasteiger partial charge in [-0.2, -0.15) is 0 Å². The van der Waals surface area contributed by atoms with E-state index in [0.717, 1.165) is 11.0 Å². The number of thiazole rings is 1. The highest BCUT2D eigenvalue weighted by molar-refractivity contribution is 7.14. The first-order valence-corrected chi connectivity index (χ1v) is 10.3. The molecule has 0 aliphatic carbocycles. The second-order valence-electron chi connectivity index (χ2n) is 6.67. The van der Waals surface area contributed by atoms with Crippen LogP contribution >= 0.6 is 11.3 Å². The van der Waals surface area contributed by atoms with Gasteiger partial charge in [0.15, 0.2) is 5.13 Å². The van der Waals surface area contributed by atoms with Crippen molar-refractivity contribution in [1.29, 1.82) is 0 Å². The average Bonchev–Trinajstić information content (AvgIpc) is 3.44. The quantitative estimate of drug-likeness (QED) is 0.421. The molecule has 0 fully saturated rings. The monoisotopic (exact) mass is 424 g/mol. The number of aromatic amines is 1. The van der Waals surface area contributed by atoms with Crippen molar-refractivity contribution in [2.75, 3.05) is 5.32 Å². The van der Waals surface area contributed by atoms with E-state index in [4.69, 9.17) is 5.73 Å². The summed E-state index contributed by atoms with van der Waals surface area (Å²) < 4.78 is 3.31. The van der Waals surface area contributed by atoms with Gasteiger partial charge < -0.3 is 16.0 Å². The number of nitrogens with one attached hydrogen (secondary N) is 2. The maximum absolute atomic E-state index is 12.6. The maximum Gasteiger partial charge on any atom is 0.329 e. The number of nitrogens with two attached hydrogens (primary N) is 1. The molecule has 0 saturated carbocycles. The molecule has 0 aliphatic heterocycles. The van der Waals surface area contributed by atoms with Crippen molar-refractivity contribution >= 4 is 39.3 Å². The van der Waals surface area contributed by atoms with E-state index < -0.39 is 5.91 Å². The predicted molar refractivity (Wildman–Crippen MR) is 116 cm³/mol. The third kappa shape index (κ3) is 3.64. The summed E-state index contributed by atoms with van der Waals surface area (Å²) in [6, 6.07) is 9.16. The van der Waals surface area contributed by atoms with Crippen LogP contribution in [0.1, 0.15) is 23.8 Å². The van der Waals surface area contributed by atoms with E-state index >= 15 is 0 Å². The van der Waals surface area contributed by atoms with Gasteiger partial charge in [0, 0.05) is 36.7 Å². The van der Waals surface area contributed by atoms with Crippen LogP contribution in [-0.2, 0) is 17.9 Å². The Balaban J connectivity index is 1.44. The Kier molecular flexibility index (Phi) is 5.23. The number of benzene rings is 1.